The number of thioether (sulfide) groups is 1. The standard InChI is InChI=1S/C33H30ClNO3S/c34-28-13-21(14-30-31(36)35-32(37)39-30)6-8-26(28)25-7-9-29(38-19-20-4-2-1-3-5-20)27(15-25)33-16-22-10-23(17-33)12-24(11-22)18-33/h1-9,13-15,22-24H,10-12,16-19H2,(H,35,36,37)/b30-14+. The highest BCUT2D eigenvalue weighted by atomic mass is 35.5. The molecule has 39 heavy (non-hydrogen) atoms. The number of hydrogen-bond donors (Lipinski definition) is 1. The summed E-state index contributed by atoms with van der Waals surface area (Å²) in [6.45, 7) is 0.553. The molecule has 8 rings (SSSR count). The molecule has 4 aliphatic carbocycles. The first kappa shape index (κ1) is 25.0. The first-order valence-corrected chi connectivity index (χ1v) is 15.0. The van der Waals surface area contributed by atoms with Crippen molar-refractivity contribution in [1.29, 1.82) is 0 Å². The fourth-order valence-electron chi connectivity index (χ4n) is 7.84. The van der Waals surface area contributed by atoms with Gasteiger partial charge in [0, 0.05) is 16.1 Å². The maximum atomic E-state index is 12.0. The third-order valence-electron chi connectivity index (χ3n) is 9.07. The van der Waals surface area contributed by atoms with Crippen LogP contribution >= 0.6 is 23.4 Å². The van der Waals surface area contributed by atoms with E-state index in [9.17, 15) is 9.59 Å². The van der Waals surface area contributed by atoms with E-state index in [-0.39, 0.29) is 16.6 Å². The summed E-state index contributed by atoms with van der Waals surface area (Å²) in [5.74, 6) is 3.12. The number of benzene rings is 3. The number of halogens is 1. The Kier molecular flexibility index (Phi) is 6.32. The van der Waals surface area contributed by atoms with Gasteiger partial charge in [0.15, 0.2) is 0 Å². The molecule has 4 nitrogen and oxygen atoms in total. The minimum Gasteiger partial charge on any atom is -0.489 e. The van der Waals surface area contributed by atoms with Crippen LogP contribution in [-0.2, 0) is 16.8 Å². The third kappa shape index (κ3) is 4.81. The lowest BCUT2D eigenvalue weighted by atomic mass is 9.48. The van der Waals surface area contributed by atoms with E-state index in [2.05, 4.69) is 47.8 Å². The Morgan fingerprint density at radius 1 is 0.923 bits per heavy atom. The fraction of sp³-hybridized carbons (Fsp3) is 0.333. The first-order chi connectivity index (χ1) is 18.9. The second-order valence-corrected chi connectivity index (χ2v) is 13.2. The largest absolute Gasteiger partial charge is 0.489 e. The molecule has 5 aliphatic rings. The molecule has 1 N–H and O–H groups in total. The fourth-order valence-corrected chi connectivity index (χ4v) is 8.82. The highest BCUT2D eigenvalue weighted by molar-refractivity contribution is 8.18. The maximum Gasteiger partial charge on any atom is 0.290 e. The summed E-state index contributed by atoms with van der Waals surface area (Å²) in [6, 6.07) is 22.8. The number of imide groups is 1. The number of carbonyl (C=O) groups excluding carboxylic acids is 2. The Morgan fingerprint density at radius 2 is 1.64 bits per heavy atom. The Labute approximate surface area is 238 Å². The SMILES string of the molecule is O=C1NC(=O)/C(=C\c2ccc(-c3ccc(OCc4ccccc4)c(C45CC6CC(CC(C6)C4)C5)c3)c(Cl)c2)S1. The van der Waals surface area contributed by atoms with Gasteiger partial charge in [-0.1, -0.05) is 60.1 Å². The average Bonchev–Trinajstić information content (AvgIpc) is 3.23. The molecule has 1 heterocycles. The Morgan fingerprint density at radius 3 is 2.28 bits per heavy atom. The highest BCUT2D eigenvalue weighted by Gasteiger charge is 2.52. The number of rotatable bonds is 6. The van der Waals surface area contributed by atoms with Crippen molar-refractivity contribution in [3.63, 3.8) is 0 Å². The van der Waals surface area contributed by atoms with Gasteiger partial charge in [-0.2, -0.15) is 0 Å². The predicted octanol–water partition coefficient (Wildman–Crippen LogP) is 8.38. The maximum absolute atomic E-state index is 12.0. The van der Waals surface area contributed by atoms with Crippen molar-refractivity contribution in [3.05, 3.63) is 93.3 Å². The smallest absolute Gasteiger partial charge is 0.290 e. The molecule has 1 aliphatic heterocycles. The number of amides is 2. The summed E-state index contributed by atoms with van der Waals surface area (Å²) in [4.78, 5) is 23.9. The molecule has 1 saturated heterocycles. The van der Waals surface area contributed by atoms with E-state index < -0.39 is 0 Å². The number of hydrogen-bond acceptors (Lipinski definition) is 4. The molecule has 198 valence electrons. The van der Waals surface area contributed by atoms with Gasteiger partial charge >= 0.3 is 0 Å². The molecule has 0 spiro atoms. The van der Waals surface area contributed by atoms with Crippen LogP contribution in [0.2, 0.25) is 5.02 Å². The summed E-state index contributed by atoms with van der Waals surface area (Å²) in [5, 5.41) is 2.57. The molecule has 0 atom stereocenters. The zero-order chi connectivity index (χ0) is 26.6. The van der Waals surface area contributed by atoms with E-state index in [0.29, 0.717) is 16.5 Å². The molecule has 4 bridgehead atoms. The van der Waals surface area contributed by atoms with Crippen molar-refractivity contribution >= 4 is 40.6 Å². The topological polar surface area (TPSA) is 55.4 Å². The van der Waals surface area contributed by atoms with Crippen LogP contribution in [0, 0.1) is 17.8 Å². The molecule has 4 saturated carbocycles. The van der Waals surface area contributed by atoms with Crippen LogP contribution < -0.4 is 10.1 Å². The summed E-state index contributed by atoms with van der Waals surface area (Å²) in [7, 11) is 0. The Hall–Kier alpha value is -3.02. The predicted molar refractivity (Wildman–Crippen MR) is 157 cm³/mol. The van der Waals surface area contributed by atoms with Gasteiger partial charge in [-0.05, 0) is 114 Å². The van der Waals surface area contributed by atoms with E-state index in [1.807, 2.05) is 24.3 Å². The van der Waals surface area contributed by atoms with Crippen molar-refractivity contribution < 1.29 is 14.3 Å². The minimum atomic E-state index is -0.364. The van der Waals surface area contributed by atoms with Gasteiger partial charge in [-0.15, -0.1) is 0 Å². The van der Waals surface area contributed by atoms with Gasteiger partial charge in [0.1, 0.15) is 12.4 Å². The van der Waals surface area contributed by atoms with E-state index >= 15 is 0 Å². The first-order valence-electron chi connectivity index (χ1n) is 13.8. The van der Waals surface area contributed by atoms with Crippen molar-refractivity contribution in [3.8, 4) is 16.9 Å². The van der Waals surface area contributed by atoms with Crippen LogP contribution in [0.3, 0.4) is 0 Å². The molecular formula is C33H30ClNO3S. The van der Waals surface area contributed by atoms with Crippen LogP contribution in [-0.4, -0.2) is 11.1 Å². The van der Waals surface area contributed by atoms with Gasteiger partial charge < -0.3 is 4.74 Å². The molecule has 0 aromatic heterocycles. The van der Waals surface area contributed by atoms with Crippen LogP contribution in [0.5, 0.6) is 5.75 Å². The monoisotopic (exact) mass is 555 g/mol. The normalized spacial score (nSPS) is 28.2. The average molecular weight is 556 g/mol. The Bertz CT molecular complexity index is 1460. The van der Waals surface area contributed by atoms with Crippen LogP contribution in [0.25, 0.3) is 17.2 Å². The van der Waals surface area contributed by atoms with Crippen molar-refractivity contribution in [1.82, 2.24) is 5.32 Å². The number of carbonyl (C=O) groups is 2. The summed E-state index contributed by atoms with van der Waals surface area (Å²) in [5.41, 5.74) is 5.52. The van der Waals surface area contributed by atoms with Crippen LogP contribution in [0.15, 0.2) is 71.6 Å². The molecule has 6 heteroatoms. The second kappa shape index (κ2) is 9.87. The number of ether oxygens (including phenoxy) is 1. The van der Waals surface area contributed by atoms with E-state index in [4.69, 9.17) is 16.3 Å². The van der Waals surface area contributed by atoms with E-state index in [0.717, 1.165) is 52.0 Å². The molecule has 3 aromatic carbocycles. The van der Waals surface area contributed by atoms with Crippen LogP contribution in [0.4, 0.5) is 4.79 Å². The molecular weight excluding hydrogens is 526 g/mol. The quantitative estimate of drug-likeness (QED) is 0.310. The van der Waals surface area contributed by atoms with E-state index in [1.165, 1.54) is 49.7 Å². The van der Waals surface area contributed by atoms with Crippen molar-refractivity contribution in [2.45, 2.75) is 50.5 Å². The second-order valence-electron chi connectivity index (χ2n) is 11.8. The van der Waals surface area contributed by atoms with Crippen molar-refractivity contribution in [2.24, 2.45) is 17.8 Å². The van der Waals surface area contributed by atoms with Gasteiger partial charge in [-0.3, -0.25) is 14.9 Å². The molecule has 5 fully saturated rings. The summed E-state index contributed by atoms with van der Waals surface area (Å²) < 4.78 is 6.54. The zero-order valence-corrected chi connectivity index (χ0v) is 23.2. The summed E-state index contributed by atoms with van der Waals surface area (Å²) in [6.07, 6.45) is 9.65. The molecule has 0 radical (unpaired) electrons. The van der Waals surface area contributed by atoms with Gasteiger partial charge in [0.05, 0.1) is 4.91 Å². The lowest BCUT2D eigenvalue weighted by molar-refractivity contribution is -0.115. The van der Waals surface area contributed by atoms with Crippen molar-refractivity contribution in [2.75, 3.05) is 0 Å². The lowest BCUT2D eigenvalue weighted by Crippen LogP contribution is -2.48. The molecule has 3 aromatic rings. The minimum absolute atomic E-state index is 0.174. The third-order valence-corrected chi connectivity index (χ3v) is 10.2. The zero-order valence-electron chi connectivity index (χ0n) is 21.6. The van der Waals surface area contributed by atoms with Gasteiger partial charge in [0.2, 0.25) is 0 Å². The number of nitrogens with one attached hydrogen (secondary N) is 1. The van der Waals surface area contributed by atoms with E-state index in [1.54, 1.807) is 6.08 Å². The molecule has 0 unspecified atom stereocenters. The van der Waals surface area contributed by atoms with Crippen LogP contribution in [0.1, 0.15) is 55.2 Å². The van der Waals surface area contributed by atoms with Gasteiger partial charge in [0.25, 0.3) is 11.1 Å². The highest BCUT2D eigenvalue weighted by Crippen LogP contribution is 2.62. The van der Waals surface area contributed by atoms with Gasteiger partial charge in [-0.25, -0.2) is 0 Å². The molecule has 2 amide bonds. The lowest BCUT2D eigenvalue weighted by Gasteiger charge is -2.57. The summed E-state index contributed by atoms with van der Waals surface area (Å²) >= 11 is 7.74. The Balaban J connectivity index is 1.25.